The first-order valence-corrected chi connectivity index (χ1v) is 9.26. The zero-order valence-corrected chi connectivity index (χ0v) is 16.3. The van der Waals surface area contributed by atoms with Crippen molar-refractivity contribution in [1.29, 1.82) is 0 Å². The predicted molar refractivity (Wildman–Crippen MR) is 103 cm³/mol. The molecule has 2 aromatic carbocycles. The fourth-order valence-electron chi connectivity index (χ4n) is 2.34. The van der Waals surface area contributed by atoms with Crippen molar-refractivity contribution in [3.05, 3.63) is 53.6 Å². The van der Waals surface area contributed by atoms with Crippen molar-refractivity contribution >= 4 is 17.6 Å². The molecule has 0 heterocycles. The van der Waals surface area contributed by atoms with Crippen LogP contribution in [-0.4, -0.2) is 31.7 Å². The molecule has 0 spiro atoms. The van der Waals surface area contributed by atoms with Crippen LogP contribution in [0.4, 0.5) is 14.5 Å². The van der Waals surface area contributed by atoms with Crippen molar-refractivity contribution in [3.8, 4) is 11.5 Å². The highest BCUT2D eigenvalue weighted by Crippen LogP contribution is 2.29. The number of rotatable bonds is 10. The van der Waals surface area contributed by atoms with Gasteiger partial charge in [-0.25, -0.2) is 13.6 Å². The zero-order valence-electron chi connectivity index (χ0n) is 16.3. The molecule has 1 N–H and O–H groups in total. The van der Waals surface area contributed by atoms with Crippen LogP contribution in [0.5, 0.6) is 11.5 Å². The molecule has 0 aliphatic carbocycles. The third-order valence-electron chi connectivity index (χ3n) is 3.77. The summed E-state index contributed by atoms with van der Waals surface area (Å²) < 4.78 is 42.5. The molecular weight excluding hydrogens is 384 g/mol. The average molecular weight is 407 g/mol. The maximum Gasteiger partial charge on any atom is 0.338 e. The summed E-state index contributed by atoms with van der Waals surface area (Å²) in [7, 11) is 0. The van der Waals surface area contributed by atoms with Gasteiger partial charge in [-0.15, -0.1) is 0 Å². The number of unbranched alkanes of at least 4 members (excludes halogenated alkanes) is 1. The molecule has 1 amide bonds. The van der Waals surface area contributed by atoms with Gasteiger partial charge in [-0.3, -0.25) is 4.79 Å². The van der Waals surface area contributed by atoms with Gasteiger partial charge in [0.1, 0.15) is 11.6 Å². The quantitative estimate of drug-likeness (QED) is 0.469. The molecule has 0 aliphatic rings. The molecule has 0 bridgehead atoms. The van der Waals surface area contributed by atoms with Crippen molar-refractivity contribution in [2.75, 3.05) is 25.1 Å². The smallest absolute Gasteiger partial charge is 0.338 e. The van der Waals surface area contributed by atoms with Gasteiger partial charge in [-0.05, 0) is 43.7 Å². The normalized spacial score (nSPS) is 10.3. The van der Waals surface area contributed by atoms with Gasteiger partial charge >= 0.3 is 5.97 Å². The molecule has 2 rings (SSSR count). The maximum absolute atomic E-state index is 13.6. The van der Waals surface area contributed by atoms with E-state index in [2.05, 4.69) is 5.32 Å². The van der Waals surface area contributed by atoms with Crippen LogP contribution in [0.1, 0.15) is 37.0 Å². The molecule has 29 heavy (non-hydrogen) atoms. The van der Waals surface area contributed by atoms with E-state index >= 15 is 0 Å². The average Bonchev–Trinajstić information content (AvgIpc) is 2.69. The second-order valence-corrected chi connectivity index (χ2v) is 6.05. The Labute approximate surface area is 167 Å². The molecule has 8 heteroatoms. The Hall–Kier alpha value is -3.16. The lowest BCUT2D eigenvalue weighted by molar-refractivity contribution is -0.119. The maximum atomic E-state index is 13.6. The lowest BCUT2D eigenvalue weighted by Gasteiger charge is -2.13. The molecule has 0 aromatic heterocycles. The number of benzene rings is 2. The number of carbonyl (C=O) groups excluding carboxylic acids is 2. The van der Waals surface area contributed by atoms with Crippen LogP contribution in [0.2, 0.25) is 0 Å². The Bertz CT molecular complexity index is 857. The summed E-state index contributed by atoms with van der Waals surface area (Å²) in [6, 6.07) is 7.31. The summed E-state index contributed by atoms with van der Waals surface area (Å²) in [6.07, 6.45) is 1.87. The van der Waals surface area contributed by atoms with Gasteiger partial charge in [0.15, 0.2) is 18.1 Å². The molecular formula is C21H23F2NO5. The summed E-state index contributed by atoms with van der Waals surface area (Å²) in [6.45, 7) is 4.13. The molecule has 0 radical (unpaired) electrons. The van der Waals surface area contributed by atoms with E-state index < -0.39 is 30.1 Å². The summed E-state index contributed by atoms with van der Waals surface area (Å²) in [4.78, 5) is 24.1. The SMILES string of the molecule is CCCCOc1ccc(C(=O)OCC(=O)Nc2ccc(F)cc2F)cc1OCC. The fraction of sp³-hybridized carbons (Fsp3) is 0.333. The van der Waals surface area contributed by atoms with E-state index in [0.29, 0.717) is 30.8 Å². The predicted octanol–water partition coefficient (Wildman–Crippen LogP) is 4.34. The number of carbonyl (C=O) groups is 2. The number of esters is 1. The van der Waals surface area contributed by atoms with E-state index in [0.717, 1.165) is 25.0 Å². The molecule has 0 saturated carbocycles. The van der Waals surface area contributed by atoms with Gasteiger partial charge in [0, 0.05) is 6.07 Å². The minimum Gasteiger partial charge on any atom is -0.490 e. The zero-order chi connectivity index (χ0) is 21.2. The van der Waals surface area contributed by atoms with Gasteiger partial charge in [0.25, 0.3) is 5.91 Å². The molecule has 0 fully saturated rings. The highest BCUT2D eigenvalue weighted by molar-refractivity contribution is 5.95. The molecule has 0 unspecified atom stereocenters. The number of ether oxygens (including phenoxy) is 3. The Kier molecular flexibility index (Phi) is 8.39. The summed E-state index contributed by atoms with van der Waals surface area (Å²) >= 11 is 0. The Morgan fingerprint density at radius 2 is 1.79 bits per heavy atom. The van der Waals surface area contributed by atoms with Crippen LogP contribution in [-0.2, 0) is 9.53 Å². The standard InChI is InChI=1S/C21H23F2NO5/c1-3-5-10-28-18-9-6-14(11-19(18)27-4-2)21(26)29-13-20(25)24-17-8-7-15(22)12-16(17)23/h6-9,11-12H,3-5,10,13H2,1-2H3,(H,24,25). The first-order chi connectivity index (χ1) is 13.9. The highest BCUT2D eigenvalue weighted by Gasteiger charge is 2.15. The van der Waals surface area contributed by atoms with Crippen molar-refractivity contribution in [3.63, 3.8) is 0 Å². The van der Waals surface area contributed by atoms with Crippen LogP contribution in [0.25, 0.3) is 0 Å². The number of hydrogen-bond acceptors (Lipinski definition) is 5. The summed E-state index contributed by atoms with van der Waals surface area (Å²) in [5, 5.41) is 2.21. The molecule has 6 nitrogen and oxygen atoms in total. The lowest BCUT2D eigenvalue weighted by Crippen LogP contribution is -2.21. The van der Waals surface area contributed by atoms with Gasteiger partial charge in [0.2, 0.25) is 0 Å². The lowest BCUT2D eigenvalue weighted by atomic mass is 10.2. The molecule has 2 aromatic rings. The van der Waals surface area contributed by atoms with E-state index in [1.54, 1.807) is 13.0 Å². The van der Waals surface area contributed by atoms with E-state index in [9.17, 15) is 18.4 Å². The van der Waals surface area contributed by atoms with E-state index in [1.165, 1.54) is 12.1 Å². The number of amides is 1. The number of halogens is 2. The third kappa shape index (κ3) is 6.74. The van der Waals surface area contributed by atoms with Gasteiger partial charge in [-0.1, -0.05) is 13.3 Å². The largest absolute Gasteiger partial charge is 0.490 e. The van der Waals surface area contributed by atoms with Crippen molar-refractivity contribution in [2.24, 2.45) is 0 Å². The van der Waals surface area contributed by atoms with Crippen molar-refractivity contribution in [1.82, 2.24) is 0 Å². The first-order valence-electron chi connectivity index (χ1n) is 9.26. The van der Waals surface area contributed by atoms with E-state index in [-0.39, 0.29) is 11.3 Å². The first kappa shape index (κ1) is 22.1. The van der Waals surface area contributed by atoms with Gasteiger partial charge in [0.05, 0.1) is 24.5 Å². The second kappa shape index (κ2) is 11.0. The minimum atomic E-state index is -0.926. The second-order valence-electron chi connectivity index (χ2n) is 6.05. The molecule has 0 saturated heterocycles. The van der Waals surface area contributed by atoms with E-state index in [4.69, 9.17) is 14.2 Å². The summed E-state index contributed by atoms with van der Waals surface area (Å²) in [5.74, 6) is -2.28. The molecule has 156 valence electrons. The van der Waals surface area contributed by atoms with Crippen LogP contribution >= 0.6 is 0 Å². The number of hydrogen-bond donors (Lipinski definition) is 1. The Balaban J connectivity index is 1.96. The third-order valence-corrected chi connectivity index (χ3v) is 3.77. The molecule has 0 atom stereocenters. The Morgan fingerprint density at radius 1 is 1.00 bits per heavy atom. The Morgan fingerprint density at radius 3 is 2.48 bits per heavy atom. The number of nitrogens with one attached hydrogen (secondary N) is 1. The van der Waals surface area contributed by atoms with Gasteiger partial charge in [-0.2, -0.15) is 0 Å². The topological polar surface area (TPSA) is 73.9 Å². The highest BCUT2D eigenvalue weighted by atomic mass is 19.1. The van der Waals surface area contributed by atoms with Gasteiger partial charge < -0.3 is 19.5 Å². The van der Waals surface area contributed by atoms with Crippen LogP contribution < -0.4 is 14.8 Å². The monoisotopic (exact) mass is 407 g/mol. The van der Waals surface area contributed by atoms with Crippen LogP contribution in [0.15, 0.2) is 36.4 Å². The van der Waals surface area contributed by atoms with Crippen LogP contribution in [0.3, 0.4) is 0 Å². The fourth-order valence-corrected chi connectivity index (χ4v) is 2.34. The molecule has 0 aliphatic heterocycles. The number of anilines is 1. The van der Waals surface area contributed by atoms with Crippen molar-refractivity contribution in [2.45, 2.75) is 26.7 Å². The summed E-state index contributed by atoms with van der Waals surface area (Å²) in [5.41, 5.74) is -0.0308. The van der Waals surface area contributed by atoms with Crippen LogP contribution in [0, 0.1) is 11.6 Å². The van der Waals surface area contributed by atoms with Crippen molar-refractivity contribution < 1.29 is 32.6 Å². The van der Waals surface area contributed by atoms with E-state index in [1.807, 2.05) is 6.92 Å². The minimum absolute atomic E-state index is 0.178.